The highest BCUT2D eigenvalue weighted by Gasteiger charge is 2.14. The molecule has 0 amide bonds. The zero-order valence-electron chi connectivity index (χ0n) is 8.74. The molecular weight excluding hydrogens is 220 g/mol. The largest absolute Gasteiger partial charge is 0.386 e. The van der Waals surface area contributed by atoms with Gasteiger partial charge in [-0.1, -0.05) is 0 Å². The summed E-state index contributed by atoms with van der Waals surface area (Å²) < 4.78 is 4.68. The molecule has 0 bridgehead atoms. The first-order chi connectivity index (χ1) is 8.27. The van der Waals surface area contributed by atoms with Gasteiger partial charge in [-0.3, -0.25) is 9.97 Å². The van der Waals surface area contributed by atoms with E-state index in [0.717, 1.165) is 0 Å². The van der Waals surface area contributed by atoms with Crippen LogP contribution in [-0.2, 0) is 4.74 Å². The predicted octanol–water partition coefficient (Wildman–Crippen LogP) is 1.47. The molecule has 0 fully saturated rings. The van der Waals surface area contributed by atoms with E-state index < -0.39 is 11.9 Å². The second-order valence-electron chi connectivity index (χ2n) is 3.15. The van der Waals surface area contributed by atoms with Crippen molar-refractivity contribution >= 4 is 11.9 Å². The number of nitrogens with zero attached hydrogens (tertiary/aromatic N) is 2. The molecule has 0 aliphatic rings. The van der Waals surface area contributed by atoms with Crippen LogP contribution in [-0.4, -0.2) is 21.9 Å². The molecule has 0 aromatic carbocycles. The van der Waals surface area contributed by atoms with E-state index in [1.807, 2.05) is 0 Å². The minimum atomic E-state index is -0.722. The molecule has 0 unspecified atom stereocenters. The van der Waals surface area contributed by atoms with Crippen LogP contribution in [0, 0.1) is 0 Å². The van der Waals surface area contributed by atoms with E-state index in [4.69, 9.17) is 0 Å². The Morgan fingerprint density at radius 2 is 1.59 bits per heavy atom. The van der Waals surface area contributed by atoms with Crippen LogP contribution in [0.2, 0.25) is 0 Å². The third-order valence-corrected chi connectivity index (χ3v) is 2.00. The Morgan fingerprint density at radius 1 is 0.882 bits per heavy atom. The Kier molecular flexibility index (Phi) is 3.20. The summed E-state index contributed by atoms with van der Waals surface area (Å²) in [6.07, 6.45) is 5.76. The summed E-state index contributed by atoms with van der Waals surface area (Å²) in [6.45, 7) is 0. The second-order valence-corrected chi connectivity index (χ2v) is 3.15. The third-order valence-electron chi connectivity index (χ3n) is 2.00. The van der Waals surface area contributed by atoms with Crippen molar-refractivity contribution in [2.24, 2.45) is 0 Å². The number of ether oxygens (including phenoxy) is 1. The zero-order chi connectivity index (χ0) is 12.1. The Bertz CT molecular complexity index is 476. The molecule has 0 spiro atoms. The van der Waals surface area contributed by atoms with Gasteiger partial charge in [-0.15, -0.1) is 0 Å². The van der Waals surface area contributed by atoms with Gasteiger partial charge in [0.15, 0.2) is 0 Å². The Balaban J connectivity index is 2.08. The second kappa shape index (κ2) is 4.98. The van der Waals surface area contributed by atoms with Gasteiger partial charge in [0.1, 0.15) is 0 Å². The van der Waals surface area contributed by atoms with Crippen LogP contribution >= 0.6 is 0 Å². The van der Waals surface area contributed by atoms with Crippen molar-refractivity contribution in [2.75, 3.05) is 0 Å². The average molecular weight is 228 g/mol. The lowest BCUT2D eigenvalue weighted by Crippen LogP contribution is -2.12. The lowest BCUT2D eigenvalue weighted by atomic mass is 10.2. The molecule has 0 N–H and O–H groups in total. The van der Waals surface area contributed by atoms with Crippen LogP contribution in [0.1, 0.15) is 20.7 Å². The minimum Gasteiger partial charge on any atom is -0.386 e. The van der Waals surface area contributed by atoms with Crippen molar-refractivity contribution in [2.45, 2.75) is 0 Å². The van der Waals surface area contributed by atoms with E-state index in [1.54, 1.807) is 6.07 Å². The molecule has 17 heavy (non-hydrogen) atoms. The molecule has 0 atom stereocenters. The molecule has 2 aromatic rings. The molecule has 5 nitrogen and oxygen atoms in total. The monoisotopic (exact) mass is 228 g/mol. The number of carbonyl (C=O) groups is 2. The van der Waals surface area contributed by atoms with Crippen molar-refractivity contribution in [1.29, 1.82) is 0 Å². The molecule has 5 heteroatoms. The maximum Gasteiger partial charge on any atom is 0.347 e. The van der Waals surface area contributed by atoms with E-state index in [-0.39, 0.29) is 11.1 Å². The quantitative estimate of drug-likeness (QED) is 0.575. The van der Waals surface area contributed by atoms with E-state index >= 15 is 0 Å². The molecule has 0 saturated heterocycles. The molecule has 0 aliphatic heterocycles. The lowest BCUT2D eigenvalue weighted by Gasteiger charge is -2.01. The fourth-order valence-electron chi connectivity index (χ4n) is 1.17. The van der Waals surface area contributed by atoms with Gasteiger partial charge in [-0.2, -0.15) is 0 Å². The molecular formula is C12H8N2O3. The fourth-order valence-corrected chi connectivity index (χ4v) is 1.17. The van der Waals surface area contributed by atoms with Crippen LogP contribution in [0.3, 0.4) is 0 Å². The first kappa shape index (κ1) is 10.9. The van der Waals surface area contributed by atoms with Gasteiger partial charge in [0.25, 0.3) is 0 Å². The molecule has 0 radical (unpaired) electrons. The van der Waals surface area contributed by atoms with E-state index in [9.17, 15) is 9.59 Å². The lowest BCUT2D eigenvalue weighted by molar-refractivity contribution is 0.0397. The van der Waals surface area contributed by atoms with Crippen LogP contribution < -0.4 is 0 Å². The first-order valence-electron chi connectivity index (χ1n) is 4.84. The van der Waals surface area contributed by atoms with Gasteiger partial charge in [0.2, 0.25) is 0 Å². The number of carbonyl (C=O) groups excluding carboxylic acids is 2. The van der Waals surface area contributed by atoms with Crippen molar-refractivity contribution < 1.29 is 14.3 Å². The van der Waals surface area contributed by atoms with Crippen molar-refractivity contribution in [1.82, 2.24) is 9.97 Å². The van der Waals surface area contributed by atoms with Crippen LogP contribution in [0.5, 0.6) is 0 Å². The summed E-state index contributed by atoms with van der Waals surface area (Å²) in [5.41, 5.74) is 0.507. The van der Waals surface area contributed by atoms with Gasteiger partial charge >= 0.3 is 11.9 Å². The number of aromatic nitrogens is 2. The smallest absolute Gasteiger partial charge is 0.347 e. The van der Waals surface area contributed by atoms with Gasteiger partial charge in [0.05, 0.1) is 11.1 Å². The van der Waals surface area contributed by atoms with E-state index in [0.29, 0.717) is 0 Å². The summed E-state index contributed by atoms with van der Waals surface area (Å²) in [4.78, 5) is 30.6. The Hall–Kier alpha value is -2.56. The van der Waals surface area contributed by atoms with E-state index in [2.05, 4.69) is 14.7 Å². The topological polar surface area (TPSA) is 69.2 Å². The fraction of sp³-hybridized carbons (Fsp3) is 0. The van der Waals surface area contributed by atoms with Crippen molar-refractivity contribution in [3.8, 4) is 0 Å². The number of pyridine rings is 2. The third kappa shape index (κ3) is 2.72. The molecule has 0 aliphatic carbocycles. The van der Waals surface area contributed by atoms with Gasteiger partial charge in [-0.05, 0) is 24.3 Å². The van der Waals surface area contributed by atoms with Crippen molar-refractivity contribution in [3.63, 3.8) is 0 Å². The highest BCUT2D eigenvalue weighted by molar-refractivity contribution is 6.02. The standard InChI is InChI=1S/C12H8N2O3/c15-11(9-3-6-13-7-4-9)17-12(16)10-2-1-5-14-8-10/h1-8H. The van der Waals surface area contributed by atoms with Crippen LogP contribution in [0.25, 0.3) is 0 Å². The van der Waals surface area contributed by atoms with Gasteiger partial charge in [0, 0.05) is 24.8 Å². The Labute approximate surface area is 97.1 Å². The van der Waals surface area contributed by atoms with Crippen LogP contribution in [0.4, 0.5) is 0 Å². The molecule has 2 rings (SSSR count). The van der Waals surface area contributed by atoms with Gasteiger partial charge < -0.3 is 4.74 Å². The number of hydrogen-bond acceptors (Lipinski definition) is 5. The van der Waals surface area contributed by atoms with Gasteiger partial charge in [-0.25, -0.2) is 9.59 Å². The molecule has 2 aromatic heterocycles. The van der Waals surface area contributed by atoms with Crippen molar-refractivity contribution in [3.05, 3.63) is 60.2 Å². The minimum absolute atomic E-state index is 0.231. The maximum absolute atomic E-state index is 11.5. The number of hydrogen-bond donors (Lipinski definition) is 0. The Morgan fingerprint density at radius 3 is 2.24 bits per heavy atom. The number of esters is 2. The van der Waals surface area contributed by atoms with E-state index in [1.165, 1.54) is 43.0 Å². The summed E-state index contributed by atoms with van der Waals surface area (Å²) in [5.74, 6) is -1.43. The first-order valence-corrected chi connectivity index (χ1v) is 4.84. The summed E-state index contributed by atoms with van der Waals surface area (Å²) in [7, 11) is 0. The molecule has 2 heterocycles. The summed E-state index contributed by atoms with van der Waals surface area (Å²) in [5, 5.41) is 0. The highest BCUT2D eigenvalue weighted by Crippen LogP contribution is 2.04. The summed E-state index contributed by atoms with van der Waals surface area (Å²) >= 11 is 0. The SMILES string of the molecule is O=C(OC(=O)c1cccnc1)c1ccncc1. The number of rotatable bonds is 2. The average Bonchev–Trinajstić information content (AvgIpc) is 2.40. The normalized spacial score (nSPS) is 9.65. The highest BCUT2D eigenvalue weighted by atomic mass is 16.6. The summed E-state index contributed by atoms with van der Waals surface area (Å²) in [6, 6.07) is 6.06. The predicted molar refractivity (Wildman–Crippen MR) is 58.2 cm³/mol. The maximum atomic E-state index is 11.5. The molecule has 0 saturated carbocycles. The zero-order valence-corrected chi connectivity index (χ0v) is 8.74. The van der Waals surface area contributed by atoms with Crippen LogP contribution in [0.15, 0.2) is 49.1 Å². The molecule has 84 valence electrons.